The van der Waals surface area contributed by atoms with Crippen molar-refractivity contribution in [2.45, 2.75) is 13.8 Å². The lowest BCUT2D eigenvalue weighted by Crippen LogP contribution is -2.34. The summed E-state index contributed by atoms with van der Waals surface area (Å²) in [6.45, 7) is 4.22. The molecule has 0 spiro atoms. The standard InChI is InChI=1S/C8H10O4.C4H2O4/c1-3-11-7-5(9)6(10)8(7)12-4-2;5-1-2(6)4(8)3(1)7/h3-4H2,1-2H3;5-6H. The average Bonchev–Trinajstić information content (AvgIpc) is 2.48. The molecule has 2 rings (SSSR count). The van der Waals surface area contributed by atoms with Crippen molar-refractivity contribution in [3.05, 3.63) is 40.9 Å². The predicted octanol–water partition coefficient (Wildman–Crippen LogP) is -1.23. The molecule has 0 aromatic heterocycles. The van der Waals surface area contributed by atoms with Crippen molar-refractivity contribution in [2.24, 2.45) is 0 Å². The van der Waals surface area contributed by atoms with Crippen LogP contribution >= 0.6 is 0 Å². The summed E-state index contributed by atoms with van der Waals surface area (Å²) < 4.78 is 9.82. The fraction of sp³-hybridized carbons (Fsp3) is 0.333. The lowest BCUT2D eigenvalue weighted by molar-refractivity contribution is 0.274. The summed E-state index contributed by atoms with van der Waals surface area (Å²) in [6, 6.07) is 0. The first-order valence-electron chi connectivity index (χ1n) is 5.66. The van der Waals surface area contributed by atoms with Gasteiger partial charge in [-0.25, -0.2) is 0 Å². The van der Waals surface area contributed by atoms with Gasteiger partial charge in [0.15, 0.2) is 0 Å². The van der Waals surface area contributed by atoms with Crippen molar-refractivity contribution in [3.63, 3.8) is 0 Å². The van der Waals surface area contributed by atoms with Crippen molar-refractivity contribution in [1.82, 2.24) is 0 Å². The molecule has 0 radical (unpaired) electrons. The molecule has 0 heterocycles. The highest BCUT2D eigenvalue weighted by Crippen LogP contribution is 2.19. The molecule has 0 saturated heterocycles. The zero-order valence-electron chi connectivity index (χ0n) is 10.8. The van der Waals surface area contributed by atoms with Crippen molar-refractivity contribution >= 4 is 0 Å². The zero-order valence-corrected chi connectivity index (χ0v) is 10.8. The maximum atomic E-state index is 10.8. The first-order valence-corrected chi connectivity index (χ1v) is 5.66. The van der Waals surface area contributed by atoms with Crippen LogP contribution < -0.4 is 31.2 Å². The van der Waals surface area contributed by atoms with E-state index in [-0.39, 0.29) is 11.5 Å². The third-order valence-corrected chi connectivity index (χ3v) is 2.26. The van der Waals surface area contributed by atoms with E-state index < -0.39 is 33.2 Å². The minimum absolute atomic E-state index is 0.0735. The van der Waals surface area contributed by atoms with E-state index in [9.17, 15) is 19.2 Å². The quantitative estimate of drug-likeness (QED) is 0.668. The minimum atomic E-state index is -1.01. The second-order valence-corrected chi connectivity index (χ2v) is 3.54. The molecule has 0 amide bonds. The molecule has 2 aromatic rings. The molecule has 8 heteroatoms. The van der Waals surface area contributed by atoms with Crippen molar-refractivity contribution in [3.8, 4) is 23.0 Å². The van der Waals surface area contributed by atoms with Crippen molar-refractivity contribution in [2.75, 3.05) is 13.2 Å². The fourth-order valence-electron chi connectivity index (χ4n) is 1.27. The highest BCUT2D eigenvalue weighted by atomic mass is 16.5. The Bertz CT molecular complexity index is 677. The fourth-order valence-corrected chi connectivity index (χ4v) is 1.27. The van der Waals surface area contributed by atoms with Crippen LogP contribution in [0.2, 0.25) is 0 Å². The van der Waals surface area contributed by atoms with Gasteiger partial charge in [0, 0.05) is 0 Å². The summed E-state index contributed by atoms with van der Waals surface area (Å²) in [5.41, 5.74) is -3.19. The van der Waals surface area contributed by atoms with Gasteiger partial charge in [-0.1, -0.05) is 0 Å². The molecule has 0 saturated carbocycles. The minimum Gasteiger partial charge on any atom is -0.501 e. The van der Waals surface area contributed by atoms with Crippen LogP contribution in [0.3, 0.4) is 0 Å². The molecule has 0 aliphatic heterocycles. The summed E-state index contributed by atoms with van der Waals surface area (Å²) in [5, 5.41) is 16.4. The molecule has 8 nitrogen and oxygen atoms in total. The Kier molecular flexibility index (Phi) is 4.63. The summed E-state index contributed by atoms with van der Waals surface area (Å²) in [7, 11) is 0. The Morgan fingerprint density at radius 1 is 0.700 bits per heavy atom. The third kappa shape index (κ3) is 2.53. The Morgan fingerprint density at radius 2 is 1.00 bits per heavy atom. The summed E-state index contributed by atoms with van der Waals surface area (Å²) >= 11 is 0. The highest BCUT2D eigenvalue weighted by Gasteiger charge is 2.23. The molecule has 0 aliphatic carbocycles. The highest BCUT2D eigenvalue weighted by molar-refractivity contribution is 5.45. The van der Waals surface area contributed by atoms with E-state index in [1.165, 1.54) is 0 Å². The first kappa shape index (κ1) is 15.4. The first-order chi connectivity index (χ1) is 9.36. The Morgan fingerprint density at radius 3 is 1.20 bits per heavy atom. The van der Waals surface area contributed by atoms with Crippen LogP contribution in [0.1, 0.15) is 13.8 Å². The van der Waals surface area contributed by atoms with E-state index in [0.29, 0.717) is 13.2 Å². The molecular formula is C12H12O8. The van der Waals surface area contributed by atoms with Gasteiger partial charge in [0.05, 0.1) is 13.2 Å². The maximum Gasteiger partial charge on any atom is 0.275 e. The molecule has 2 N–H and O–H groups in total. The molecule has 0 atom stereocenters. The second kappa shape index (κ2) is 6.00. The van der Waals surface area contributed by atoms with Gasteiger partial charge in [-0.2, -0.15) is 0 Å². The van der Waals surface area contributed by atoms with Gasteiger partial charge in [0.25, 0.3) is 21.7 Å². The zero-order chi connectivity index (χ0) is 15.4. The van der Waals surface area contributed by atoms with Crippen LogP contribution in [0, 0.1) is 0 Å². The summed E-state index contributed by atoms with van der Waals surface area (Å²) in [4.78, 5) is 41.6. The van der Waals surface area contributed by atoms with E-state index in [1.807, 2.05) is 0 Å². The lowest BCUT2D eigenvalue weighted by atomic mass is 10.2. The Labute approximate surface area is 111 Å². The topological polar surface area (TPSA) is 127 Å². The van der Waals surface area contributed by atoms with Crippen LogP contribution in [-0.2, 0) is 0 Å². The summed E-state index contributed by atoms with van der Waals surface area (Å²) in [6.07, 6.45) is 0. The number of rotatable bonds is 4. The van der Waals surface area contributed by atoms with Gasteiger partial charge in [0.2, 0.25) is 23.0 Å². The molecule has 20 heavy (non-hydrogen) atoms. The van der Waals surface area contributed by atoms with E-state index in [1.54, 1.807) is 13.8 Å². The maximum absolute atomic E-state index is 10.8. The van der Waals surface area contributed by atoms with Crippen molar-refractivity contribution < 1.29 is 19.7 Å². The molecule has 0 unspecified atom stereocenters. The second-order valence-electron chi connectivity index (χ2n) is 3.54. The number of hydrogen-bond donors (Lipinski definition) is 2. The molecule has 0 bridgehead atoms. The van der Waals surface area contributed by atoms with Gasteiger partial charge in [-0.05, 0) is 13.8 Å². The van der Waals surface area contributed by atoms with Gasteiger partial charge >= 0.3 is 0 Å². The normalized spacial score (nSPS) is 10.1. The largest absolute Gasteiger partial charge is 0.501 e. The lowest BCUT2D eigenvalue weighted by Gasteiger charge is -2.10. The van der Waals surface area contributed by atoms with Crippen LogP contribution in [-0.4, -0.2) is 23.4 Å². The van der Waals surface area contributed by atoms with Crippen LogP contribution in [0.15, 0.2) is 19.2 Å². The van der Waals surface area contributed by atoms with Gasteiger partial charge in [-0.3, -0.25) is 19.2 Å². The number of ether oxygens (including phenoxy) is 2. The average molecular weight is 284 g/mol. The molecule has 2 aromatic carbocycles. The molecular weight excluding hydrogens is 272 g/mol. The summed E-state index contributed by atoms with van der Waals surface area (Å²) in [5.74, 6) is -1.50. The van der Waals surface area contributed by atoms with E-state index >= 15 is 0 Å². The van der Waals surface area contributed by atoms with Gasteiger partial charge < -0.3 is 19.7 Å². The number of hydrogen-bond acceptors (Lipinski definition) is 8. The van der Waals surface area contributed by atoms with Crippen LogP contribution in [0.5, 0.6) is 23.0 Å². The predicted molar refractivity (Wildman–Crippen MR) is 68.4 cm³/mol. The Balaban J connectivity index is 0.000000217. The molecule has 0 fully saturated rings. The van der Waals surface area contributed by atoms with E-state index in [4.69, 9.17) is 19.7 Å². The van der Waals surface area contributed by atoms with Gasteiger partial charge in [-0.15, -0.1) is 0 Å². The third-order valence-electron chi connectivity index (χ3n) is 2.26. The molecule has 0 aliphatic rings. The van der Waals surface area contributed by atoms with Crippen LogP contribution in [0.25, 0.3) is 0 Å². The smallest absolute Gasteiger partial charge is 0.275 e. The SMILES string of the molecule is CCOc1c(OCC)c(=O)c1=O.O=c1c(O)c(O)c1=O. The molecule has 108 valence electrons. The Hall–Kier alpha value is -2.64. The van der Waals surface area contributed by atoms with Gasteiger partial charge in [0.1, 0.15) is 0 Å². The monoisotopic (exact) mass is 284 g/mol. The number of aromatic hydroxyl groups is 2. The van der Waals surface area contributed by atoms with Crippen LogP contribution in [0.4, 0.5) is 0 Å². The van der Waals surface area contributed by atoms with E-state index in [2.05, 4.69) is 0 Å². The van der Waals surface area contributed by atoms with E-state index in [0.717, 1.165) is 0 Å². The van der Waals surface area contributed by atoms with Crippen molar-refractivity contribution in [1.29, 1.82) is 0 Å².